The van der Waals surface area contributed by atoms with Crippen molar-refractivity contribution in [3.8, 4) is 17.4 Å². The number of halogens is 1. The lowest BCUT2D eigenvalue weighted by Gasteiger charge is -2.20. The molecule has 0 atom stereocenters. The van der Waals surface area contributed by atoms with Crippen molar-refractivity contribution in [2.45, 2.75) is 26.2 Å². The molecule has 2 heterocycles. The van der Waals surface area contributed by atoms with Crippen LogP contribution in [0, 0.1) is 0 Å². The zero-order chi connectivity index (χ0) is 14.9. The highest BCUT2D eigenvalue weighted by atomic mass is 79.9. The third kappa shape index (κ3) is 2.87. The van der Waals surface area contributed by atoms with Crippen LogP contribution in [-0.4, -0.2) is 27.3 Å². The summed E-state index contributed by atoms with van der Waals surface area (Å²) in [5.41, 5.74) is 7.16. The first kappa shape index (κ1) is 14.6. The fraction of sp³-hybridized carbons (Fsp3) is 0.385. The molecule has 0 aliphatic rings. The van der Waals surface area contributed by atoms with Crippen molar-refractivity contribution in [1.29, 1.82) is 0 Å². The molecule has 0 radical (unpaired) electrons. The average Bonchev–Trinajstić information content (AvgIpc) is 2.40. The molecular formula is C13H16BrN5O. The molecule has 0 spiro atoms. The molecule has 0 unspecified atom stereocenters. The molecule has 7 heteroatoms. The Morgan fingerprint density at radius 2 is 1.85 bits per heavy atom. The van der Waals surface area contributed by atoms with Gasteiger partial charge in [0.25, 0.3) is 0 Å². The summed E-state index contributed by atoms with van der Waals surface area (Å²) in [6.45, 7) is 6.18. The molecule has 106 valence electrons. The lowest BCUT2D eigenvalue weighted by molar-refractivity contribution is 0.392. The molecule has 0 amide bonds. The SMILES string of the molecule is COc1ccc(-c2nc(N)c(Br)c(C(C)(C)C)n2)nn1. The number of anilines is 1. The number of methoxy groups -OCH3 is 1. The van der Waals surface area contributed by atoms with Crippen molar-refractivity contribution in [3.63, 3.8) is 0 Å². The summed E-state index contributed by atoms with van der Waals surface area (Å²) in [7, 11) is 1.54. The number of rotatable bonds is 2. The van der Waals surface area contributed by atoms with Crippen molar-refractivity contribution in [2.75, 3.05) is 12.8 Å². The van der Waals surface area contributed by atoms with Crippen LogP contribution in [-0.2, 0) is 5.41 Å². The van der Waals surface area contributed by atoms with Crippen LogP contribution in [0.15, 0.2) is 16.6 Å². The van der Waals surface area contributed by atoms with E-state index in [0.29, 0.717) is 23.2 Å². The first-order valence-electron chi connectivity index (χ1n) is 6.04. The number of ether oxygens (including phenoxy) is 1. The van der Waals surface area contributed by atoms with Gasteiger partial charge in [0.05, 0.1) is 17.3 Å². The Hall–Kier alpha value is -1.76. The van der Waals surface area contributed by atoms with Crippen LogP contribution >= 0.6 is 15.9 Å². The van der Waals surface area contributed by atoms with E-state index in [1.807, 2.05) is 0 Å². The van der Waals surface area contributed by atoms with Gasteiger partial charge >= 0.3 is 0 Å². The van der Waals surface area contributed by atoms with Crippen molar-refractivity contribution >= 4 is 21.7 Å². The van der Waals surface area contributed by atoms with E-state index in [2.05, 4.69) is 56.9 Å². The van der Waals surface area contributed by atoms with Gasteiger partial charge in [0.15, 0.2) is 5.82 Å². The summed E-state index contributed by atoms with van der Waals surface area (Å²) in [5.74, 6) is 1.28. The van der Waals surface area contributed by atoms with Crippen LogP contribution in [0.1, 0.15) is 26.5 Å². The maximum Gasteiger partial charge on any atom is 0.233 e. The van der Waals surface area contributed by atoms with Gasteiger partial charge in [-0.2, -0.15) is 0 Å². The smallest absolute Gasteiger partial charge is 0.233 e. The number of hydrogen-bond donors (Lipinski definition) is 1. The predicted molar refractivity (Wildman–Crippen MR) is 80.4 cm³/mol. The highest BCUT2D eigenvalue weighted by molar-refractivity contribution is 9.10. The summed E-state index contributed by atoms with van der Waals surface area (Å²) >= 11 is 3.44. The maximum absolute atomic E-state index is 5.94. The number of nitrogen functional groups attached to an aromatic ring is 1. The lowest BCUT2D eigenvalue weighted by atomic mass is 9.92. The standard InChI is InChI=1S/C13H16BrN5O/c1-13(2,3)10-9(14)11(15)17-12(16-10)7-5-6-8(20-4)19-18-7/h5-6H,1-4H3,(H2,15,16,17). The molecule has 6 nitrogen and oxygen atoms in total. The second-order valence-corrected chi connectivity index (χ2v) is 6.10. The maximum atomic E-state index is 5.94. The average molecular weight is 338 g/mol. The Morgan fingerprint density at radius 1 is 1.15 bits per heavy atom. The van der Waals surface area contributed by atoms with E-state index >= 15 is 0 Å². The van der Waals surface area contributed by atoms with Crippen molar-refractivity contribution in [3.05, 3.63) is 22.3 Å². The Morgan fingerprint density at radius 3 is 2.35 bits per heavy atom. The molecule has 0 saturated carbocycles. The summed E-state index contributed by atoms with van der Waals surface area (Å²) in [6.07, 6.45) is 0. The van der Waals surface area contributed by atoms with E-state index in [9.17, 15) is 0 Å². The molecule has 2 N–H and O–H groups in total. The van der Waals surface area contributed by atoms with Crippen LogP contribution in [0.4, 0.5) is 5.82 Å². The first-order valence-corrected chi connectivity index (χ1v) is 6.84. The van der Waals surface area contributed by atoms with Crippen LogP contribution in [0.2, 0.25) is 0 Å². The Bertz CT molecular complexity index is 622. The summed E-state index contributed by atoms with van der Waals surface area (Å²) in [5, 5.41) is 7.96. The van der Waals surface area contributed by atoms with Gasteiger partial charge in [0, 0.05) is 11.5 Å². The van der Waals surface area contributed by atoms with Gasteiger partial charge in [-0.1, -0.05) is 20.8 Å². The molecule has 2 aromatic heterocycles. The monoisotopic (exact) mass is 337 g/mol. The highest BCUT2D eigenvalue weighted by Crippen LogP contribution is 2.32. The van der Waals surface area contributed by atoms with Crippen molar-refractivity contribution in [2.24, 2.45) is 0 Å². The van der Waals surface area contributed by atoms with E-state index in [4.69, 9.17) is 10.5 Å². The third-order valence-corrected chi connectivity index (χ3v) is 3.45. The van der Waals surface area contributed by atoms with E-state index in [-0.39, 0.29) is 5.41 Å². The normalized spacial score (nSPS) is 11.4. The Labute approximate surface area is 125 Å². The van der Waals surface area contributed by atoms with Crippen LogP contribution in [0.3, 0.4) is 0 Å². The second-order valence-electron chi connectivity index (χ2n) is 5.31. The zero-order valence-electron chi connectivity index (χ0n) is 11.8. The fourth-order valence-corrected chi connectivity index (χ4v) is 2.40. The van der Waals surface area contributed by atoms with E-state index in [1.165, 1.54) is 7.11 Å². The van der Waals surface area contributed by atoms with E-state index in [1.54, 1.807) is 12.1 Å². The summed E-state index contributed by atoms with van der Waals surface area (Å²) in [6, 6.07) is 3.46. The minimum Gasteiger partial charge on any atom is -0.480 e. The Kier molecular flexibility index (Phi) is 3.89. The topological polar surface area (TPSA) is 86.8 Å². The largest absolute Gasteiger partial charge is 0.480 e. The van der Waals surface area contributed by atoms with Gasteiger partial charge < -0.3 is 10.5 Å². The van der Waals surface area contributed by atoms with Gasteiger partial charge in [0.2, 0.25) is 5.88 Å². The quantitative estimate of drug-likeness (QED) is 0.906. The second kappa shape index (κ2) is 5.32. The van der Waals surface area contributed by atoms with E-state index < -0.39 is 0 Å². The molecule has 0 aromatic carbocycles. The molecular weight excluding hydrogens is 322 g/mol. The third-order valence-electron chi connectivity index (χ3n) is 2.67. The predicted octanol–water partition coefficient (Wildman–Crippen LogP) is 2.58. The molecule has 0 fully saturated rings. The van der Waals surface area contributed by atoms with Gasteiger partial charge in [-0.15, -0.1) is 10.2 Å². The molecule has 0 bridgehead atoms. The van der Waals surface area contributed by atoms with Crippen LogP contribution in [0.25, 0.3) is 11.5 Å². The molecule has 0 aliphatic carbocycles. The molecule has 0 aliphatic heterocycles. The van der Waals surface area contributed by atoms with Gasteiger partial charge in [0.1, 0.15) is 11.5 Å². The molecule has 20 heavy (non-hydrogen) atoms. The molecule has 2 rings (SSSR count). The Balaban J connectivity index is 2.54. The fourth-order valence-electron chi connectivity index (χ4n) is 1.62. The number of nitrogens with two attached hydrogens (primary N) is 1. The van der Waals surface area contributed by atoms with Gasteiger partial charge in [-0.3, -0.25) is 0 Å². The zero-order valence-corrected chi connectivity index (χ0v) is 13.4. The van der Waals surface area contributed by atoms with E-state index in [0.717, 1.165) is 10.2 Å². The first-order chi connectivity index (χ1) is 9.32. The van der Waals surface area contributed by atoms with Gasteiger partial charge in [-0.05, 0) is 22.0 Å². The summed E-state index contributed by atoms with van der Waals surface area (Å²) < 4.78 is 5.70. The number of hydrogen-bond acceptors (Lipinski definition) is 6. The molecule has 0 saturated heterocycles. The number of aromatic nitrogens is 4. The lowest BCUT2D eigenvalue weighted by Crippen LogP contribution is -2.17. The van der Waals surface area contributed by atoms with Crippen molar-refractivity contribution in [1.82, 2.24) is 20.2 Å². The van der Waals surface area contributed by atoms with Crippen LogP contribution in [0.5, 0.6) is 5.88 Å². The minimum atomic E-state index is -0.162. The highest BCUT2D eigenvalue weighted by Gasteiger charge is 2.23. The van der Waals surface area contributed by atoms with Crippen LogP contribution < -0.4 is 10.5 Å². The van der Waals surface area contributed by atoms with Crippen molar-refractivity contribution < 1.29 is 4.74 Å². The molecule has 2 aromatic rings. The summed E-state index contributed by atoms with van der Waals surface area (Å²) in [4.78, 5) is 8.80. The minimum absolute atomic E-state index is 0.162. The number of nitrogens with zero attached hydrogens (tertiary/aromatic N) is 4. The van der Waals surface area contributed by atoms with Gasteiger partial charge in [-0.25, -0.2) is 9.97 Å².